The van der Waals surface area contributed by atoms with Crippen LogP contribution in [0, 0.1) is 5.41 Å². The minimum absolute atomic E-state index is 0.00980. The highest BCUT2D eigenvalue weighted by Gasteiger charge is 2.25. The molecule has 0 rings (SSSR count). The largest absolute Gasteiger partial charge is 0.374 e. The highest BCUT2D eigenvalue weighted by atomic mass is 16.5. The summed E-state index contributed by atoms with van der Waals surface area (Å²) in [6.07, 6.45) is 5.33. The Hall–Kier alpha value is -0.380. The van der Waals surface area contributed by atoms with Crippen molar-refractivity contribution in [2.24, 2.45) is 5.41 Å². The standard InChI is InChI=1S/C17H36N2O/c1-8-16(3,4)15-20-17(5,9-2)11-10-13-19(7)14-12-18-6/h8,18H,1,9-15H2,2-7H3/t17-/m0/s1. The lowest BCUT2D eigenvalue weighted by molar-refractivity contribution is -0.0657. The summed E-state index contributed by atoms with van der Waals surface area (Å²) < 4.78 is 6.20. The fourth-order valence-corrected chi connectivity index (χ4v) is 1.91. The van der Waals surface area contributed by atoms with Gasteiger partial charge >= 0.3 is 0 Å². The van der Waals surface area contributed by atoms with Gasteiger partial charge in [0.05, 0.1) is 12.2 Å². The minimum Gasteiger partial charge on any atom is -0.374 e. The van der Waals surface area contributed by atoms with Crippen molar-refractivity contribution in [3.8, 4) is 0 Å². The molecule has 1 atom stereocenters. The lowest BCUT2D eigenvalue weighted by Crippen LogP contribution is -2.34. The van der Waals surface area contributed by atoms with E-state index < -0.39 is 0 Å². The van der Waals surface area contributed by atoms with Crippen molar-refractivity contribution in [3.63, 3.8) is 0 Å². The van der Waals surface area contributed by atoms with Crippen LogP contribution >= 0.6 is 0 Å². The van der Waals surface area contributed by atoms with E-state index in [0.717, 1.165) is 39.1 Å². The molecule has 120 valence electrons. The van der Waals surface area contributed by atoms with E-state index in [-0.39, 0.29) is 11.0 Å². The summed E-state index contributed by atoms with van der Waals surface area (Å²) >= 11 is 0. The number of ether oxygens (including phenoxy) is 1. The quantitative estimate of drug-likeness (QED) is 0.556. The smallest absolute Gasteiger partial charge is 0.0652 e. The van der Waals surface area contributed by atoms with Crippen molar-refractivity contribution in [2.75, 3.05) is 40.3 Å². The molecule has 0 aromatic heterocycles. The van der Waals surface area contributed by atoms with Gasteiger partial charge in [0.1, 0.15) is 0 Å². The Balaban J connectivity index is 4.08. The van der Waals surface area contributed by atoms with Gasteiger partial charge in [-0.05, 0) is 46.8 Å². The van der Waals surface area contributed by atoms with Crippen molar-refractivity contribution in [3.05, 3.63) is 12.7 Å². The van der Waals surface area contributed by atoms with Gasteiger partial charge in [-0.1, -0.05) is 26.8 Å². The highest BCUT2D eigenvalue weighted by molar-refractivity contribution is 4.88. The average Bonchev–Trinajstić information content (AvgIpc) is 2.43. The summed E-state index contributed by atoms with van der Waals surface area (Å²) in [5.41, 5.74) is 0.0458. The van der Waals surface area contributed by atoms with Gasteiger partial charge in [0.15, 0.2) is 0 Å². The lowest BCUT2D eigenvalue weighted by atomic mass is 9.92. The maximum Gasteiger partial charge on any atom is 0.0652 e. The zero-order valence-corrected chi connectivity index (χ0v) is 14.6. The summed E-state index contributed by atoms with van der Waals surface area (Å²) in [4.78, 5) is 2.38. The molecule has 0 aliphatic carbocycles. The van der Waals surface area contributed by atoms with Gasteiger partial charge in [0.2, 0.25) is 0 Å². The van der Waals surface area contributed by atoms with Crippen LogP contribution in [0.1, 0.15) is 47.0 Å². The Morgan fingerprint density at radius 2 is 1.90 bits per heavy atom. The number of nitrogens with one attached hydrogen (secondary N) is 1. The Morgan fingerprint density at radius 1 is 1.25 bits per heavy atom. The second-order valence-corrected chi connectivity index (χ2v) is 6.80. The molecule has 0 fully saturated rings. The molecular formula is C17H36N2O. The topological polar surface area (TPSA) is 24.5 Å². The van der Waals surface area contributed by atoms with E-state index in [4.69, 9.17) is 4.74 Å². The van der Waals surface area contributed by atoms with Gasteiger partial charge in [-0.25, -0.2) is 0 Å². The Labute approximate surface area is 126 Å². The maximum absolute atomic E-state index is 6.20. The molecule has 3 heteroatoms. The first-order chi connectivity index (χ1) is 9.28. The first-order valence-corrected chi connectivity index (χ1v) is 7.89. The molecule has 3 nitrogen and oxygen atoms in total. The predicted octanol–water partition coefficient (Wildman–Crippen LogP) is 3.32. The predicted molar refractivity (Wildman–Crippen MR) is 89.3 cm³/mol. The van der Waals surface area contributed by atoms with Crippen LogP contribution in [0.3, 0.4) is 0 Å². The molecule has 0 aliphatic heterocycles. The summed E-state index contributed by atoms with van der Waals surface area (Å²) in [6.45, 7) is 16.7. The van der Waals surface area contributed by atoms with Crippen molar-refractivity contribution in [1.29, 1.82) is 0 Å². The molecule has 0 saturated heterocycles. The third-order valence-electron chi connectivity index (χ3n) is 4.08. The van der Waals surface area contributed by atoms with Crippen LogP contribution in [0.25, 0.3) is 0 Å². The number of hydrogen-bond acceptors (Lipinski definition) is 3. The van der Waals surface area contributed by atoms with Gasteiger partial charge in [0, 0.05) is 18.5 Å². The Kier molecular flexibility index (Phi) is 9.36. The van der Waals surface area contributed by atoms with Crippen molar-refractivity contribution < 1.29 is 4.74 Å². The molecule has 0 bridgehead atoms. The van der Waals surface area contributed by atoms with Crippen LogP contribution in [0.5, 0.6) is 0 Å². The maximum atomic E-state index is 6.20. The van der Waals surface area contributed by atoms with E-state index >= 15 is 0 Å². The van der Waals surface area contributed by atoms with E-state index in [1.54, 1.807) is 0 Å². The third kappa shape index (κ3) is 8.72. The average molecular weight is 284 g/mol. The van der Waals surface area contributed by atoms with Gasteiger partial charge in [-0.15, -0.1) is 6.58 Å². The van der Waals surface area contributed by atoms with Crippen LogP contribution in [-0.4, -0.2) is 50.8 Å². The molecular weight excluding hydrogens is 248 g/mol. The van der Waals surface area contributed by atoms with Gasteiger partial charge < -0.3 is 15.0 Å². The number of rotatable bonds is 12. The number of hydrogen-bond donors (Lipinski definition) is 1. The van der Waals surface area contributed by atoms with Gasteiger partial charge in [-0.2, -0.15) is 0 Å². The zero-order valence-electron chi connectivity index (χ0n) is 14.6. The van der Waals surface area contributed by atoms with Crippen molar-refractivity contribution in [2.45, 2.75) is 52.6 Å². The molecule has 0 spiro atoms. The summed E-state index contributed by atoms with van der Waals surface area (Å²) in [7, 11) is 4.18. The van der Waals surface area contributed by atoms with E-state index in [1.165, 1.54) is 6.42 Å². The fraction of sp³-hybridized carbons (Fsp3) is 0.882. The lowest BCUT2D eigenvalue weighted by Gasteiger charge is -2.33. The number of nitrogens with zero attached hydrogens (tertiary/aromatic N) is 1. The molecule has 0 aromatic carbocycles. The van der Waals surface area contributed by atoms with E-state index in [0.29, 0.717) is 0 Å². The molecule has 0 amide bonds. The normalized spacial score (nSPS) is 15.3. The van der Waals surface area contributed by atoms with Gasteiger partial charge in [-0.3, -0.25) is 0 Å². The number of likely N-dealkylation sites (N-methyl/N-ethyl adjacent to an activating group) is 2. The van der Waals surface area contributed by atoms with Crippen molar-refractivity contribution in [1.82, 2.24) is 10.2 Å². The molecule has 0 unspecified atom stereocenters. The van der Waals surface area contributed by atoms with Crippen molar-refractivity contribution >= 4 is 0 Å². The van der Waals surface area contributed by atoms with Crippen LogP contribution in [0.2, 0.25) is 0 Å². The SMILES string of the molecule is C=CC(C)(C)CO[C@@](C)(CC)CCCN(C)CCNC. The first kappa shape index (κ1) is 19.6. The molecule has 1 N–H and O–H groups in total. The second-order valence-electron chi connectivity index (χ2n) is 6.80. The zero-order chi connectivity index (χ0) is 15.6. The van der Waals surface area contributed by atoms with Crippen LogP contribution in [0.15, 0.2) is 12.7 Å². The second kappa shape index (κ2) is 9.54. The van der Waals surface area contributed by atoms with Crippen LogP contribution < -0.4 is 5.32 Å². The Bertz CT molecular complexity index is 266. The summed E-state index contributed by atoms with van der Waals surface area (Å²) in [6, 6.07) is 0. The molecule has 0 heterocycles. The minimum atomic E-state index is -0.00980. The molecule has 0 saturated carbocycles. The van der Waals surface area contributed by atoms with Gasteiger partial charge in [0.25, 0.3) is 0 Å². The molecule has 20 heavy (non-hydrogen) atoms. The van der Waals surface area contributed by atoms with E-state index in [2.05, 4.69) is 51.5 Å². The Morgan fingerprint density at radius 3 is 2.40 bits per heavy atom. The molecule has 0 radical (unpaired) electrons. The van der Waals surface area contributed by atoms with Crippen LogP contribution in [0.4, 0.5) is 0 Å². The molecule has 0 aromatic rings. The summed E-state index contributed by atoms with van der Waals surface area (Å²) in [5, 5.41) is 3.18. The molecule has 0 aliphatic rings. The highest BCUT2D eigenvalue weighted by Crippen LogP contribution is 2.26. The van der Waals surface area contributed by atoms with E-state index in [1.807, 2.05) is 13.1 Å². The van der Waals surface area contributed by atoms with Crippen LogP contribution in [-0.2, 0) is 4.74 Å². The summed E-state index contributed by atoms with van der Waals surface area (Å²) in [5.74, 6) is 0. The first-order valence-electron chi connectivity index (χ1n) is 7.89. The third-order valence-corrected chi connectivity index (χ3v) is 4.08. The fourth-order valence-electron chi connectivity index (χ4n) is 1.91. The monoisotopic (exact) mass is 284 g/mol. The van der Waals surface area contributed by atoms with E-state index in [9.17, 15) is 0 Å².